The van der Waals surface area contributed by atoms with Gasteiger partial charge in [-0.25, -0.2) is 9.98 Å². The molecular weight excluding hydrogens is 376 g/mol. The average molecular weight is 401 g/mol. The van der Waals surface area contributed by atoms with Crippen molar-refractivity contribution in [3.05, 3.63) is 53.2 Å². The highest BCUT2D eigenvalue weighted by Gasteiger charge is 2.08. The van der Waals surface area contributed by atoms with E-state index in [1.54, 1.807) is 31.8 Å². The van der Waals surface area contributed by atoms with Gasteiger partial charge in [-0.05, 0) is 36.1 Å². The highest BCUT2D eigenvalue weighted by Crippen LogP contribution is 2.27. The molecule has 0 saturated carbocycles. The van der Waals surface area contributed by atoms with E-state index in [-0.39, 0.29) is 0 Å². The molecule has 28 heavy (non-hydrogen) atoms. The van der Waals surface area contributed by atoms with E-state index in [0.29, 0.717) is 36.4 Å². The first-order valence-corrected chi connectivity index (χ1v) is 9.82. The summed E-state index contributed by atoms with van der Waals surface area (Å²) < 4.78 is 16.2. The Labute approximate surface area is 168 Å². The zero-order chi connectivity index (χ0) is 19.8. The molecule has 2 aromatic heterocycles. The third kappa shape index (κ3) is 5.04. The molecule has 2 heterocycles. The molecule has 2 N–H and O–H groups in total. The molecule has 1 aromatic carbocycles. The van der Waals surface area contributed by atoms with E-state index >= 15 is 0 Å². The minimum absolute atomic E-state index is 0.509. The quantitative estimate of drug-likeness (QED) is 0.444. The van der Waals surface area contributed by atoms with Gasteiger partial charge in [0.15, 0.2) is 17.5 Å². The molecule has 0 unspecified atom stereocenters. The number of hydrogen-bond acceptors (Lipinski definition) is 6. The SMILES string of the molecule is CCNC(=NCc1ccc(OC)c(OC)c1)NCc1coc(-c2cccs2)n1. The van der Waals surface area contributed by atoms with Gasteiger partial charge in [0.1, 0.15) is 6.26 Å². The number of nitrogens with one attached hydrogen (secondary N) is 2. The first kappa shape index (κ1) is 19.8. The van der Waals surface area contributed by atoms with Crippen molar-refractivity contribution in [1.82, 2.24) is 15.6 Å². The minimum atomic E-state index is 0.509. The minimum Gasteiger partial charge on any atom is -0.493 e. The summed E-state index contributed by atoms with van der Waals surface area (Å²) in [6.07, 6.45) is 1.67. The summed E-state index contributed by atoms with van der Waals surface area (Å²) in [5, 5.41) is 8.52. The number of rotatable bonds is 8. The van der Waals surface area contributed by atoms with Gasteiger partial charge in [-0.1, -0.05) is 12.1 Å². The Morgan fingerprint density at radius 2 is 2.04 bits per heavy atom. The molecule has 0 aliphatic rings. The number of benzene rings is 1. The largest absolute Gasteiger partial charge is 0.493 e. The topological polar surface area (TPSA) is 80.9 Å². The molecule has 0 fully saturated rings. The molecule has 0 atom stereocenters. The van der Waals surface area contributed by atoms with E-state index in [1.165, 1.54) is 0 Å². The van der Waals surface area contributed by atoms with E-state index < -0.39 is 0 Å². The molecule has 0 aliphatic heterocycles. The number of methoxy groups -OCH3 is 2. The maximum absolute atomic E-state index is 5.55. The highest BCUT2D eigenvalue weighted by atomic mass is 32.1. The van der Waals surface area contributed by atoms with Crippen molar-refractivity contribution in [3.63, 3.8) is 0 Å². The van der Waals surface area contributed by atoms with E-state index in [9.17, 15) is 0 Å². The summed E-state index contributed by atoms with van der Waals surface area (Å²) in [5.41, 5.74) is 1.84. The molecule has 0 aliphatic carbocycles. The lowest BCUT2D eigenvalue weighted by Crippen LogP contribution is -2.36. The first-order valence-electron chi connectivity index (χ1n) is 8.94. The van der Waals surface area contributed by atoms with Gasteiger partial charge in [0.2, 0.25) is 5.89 Å². The van der Waals surface area contributed by atoms with Crippen molar-refractivity contribution in [2.75, 3.05) is 20.8 Å². The first-order chi connectivity index (χ1) is 13.7. The molecule has 0 bridgehead atoms. The van der Waals surface area contributed by atoms with Gasteiger partial charge in [0, 0.05) is 6.54 Å². The zero-order valence-corrected chi connectivity index (χ0v) is 17.0. The van der Waals surface area contributed by atoms with Crippen molar-refractivity contribution < 1.29 is 13.9 Å². The Balaban J connectivity index is 1.63. The van der Waals surface area contributed by atoms with Crippen LogP contribution >= 0.6 is 11.3 Å². The van der Waals surface area contributed by atoms with Crippen molar-refractivity contribution in [2.24, 2.45) is 4.99 Å². The van der Waals surface area contributed by atoms with Crippen LogP contribution in [0.4, 0.5) is 0 Å². The summed E-state index contributed by atoms with van der Waals surface area (Å²) in [7, 11) is 3.25. The van der Waals surface area contributed by atoms with Crippen LogP contribution < -0.4 is 20.1 Å². The van der Waals surface area contributed by atoms with Crippen LogP contribution in [0.15, 0.2) is 51.4 Å². The third-order valence-electron chi connectivity index (χ3n) is 3.93. The number of aliphatic imine (C=N–C) groups is 1. The normalized spacial score (nSPS) is 11.3. The van der Waals surface area contributed by atoms with Crippen LogP contribution in [-0.2, 0) is 13.1 Å². The lowest BCUT2D eigenvalue weighted by atomic mass is 10.2. The second-order valence-electron chi connectivity index (χ2n) is 5.86. The van der Waals surface area contributed by atoms with Crippen LogP contribution in [0.5, 0.6) is 11.5 Å². The molecule has 7 nitrogen and oxygen atoms in total. The number of ether oxygens (including phenoxy) is 2. The second-order valence-corrected chi connectivity index (χ2v) is 6.81. The van der Waals surface area contributed by atoms with Crippen molar-refractivity contribution in [3.8, 4) is 22.3 Å². The molecule has 0 amide bonds. The molecule has 3 aromatic rings. The fraction of sp³-hybridized carbons (Fsp3) is 0.300. The van der Waals surface area contributed by atoms with Gasteiger partial charge in [-0.15, -0.1) is 11.3 Å². The predicted molar refractivity (Wildman–Crippen MR) is 111 cm³/mol. The summed E-state index contributed by atoms with van der Waals surface area (Å²) in [5.74, 6) is 2.74. The number of thiophene rings is 1. The van der Waals surface area contributed by atoms with Crippen LogP contribution in [0.25, 0.3) is 10.8 Å². The number of hydrogen-bond donors (Lipinski definition) is 2. The predicted octanol–water partition coefficient (Wildman–Crippen LogP) is 3.68. The standard InChI is InChI=1S/C20H24N4O3S/c1-4-21-20(22-11-14-7-8-16(25-2)17(10-14)26-3)23-12-15-13-27-19(24-15)18-6-5-9-28-18/h5-10,13H,4,11-12H2,1-3H3,(H2,21,22,23). The molecular formula is C20H24N4O3S. The van der Waals surface area contributed by atoms with Crippen LogP contribution in [0, 0.1) is 0 Å². The van der Waals surface area contributed by atoms with Gasteiger partial charge >= 0.3 is 0 Å². The van der Waals surface area contributed by atoms with Crippen LogP contribution in [0.3, 0.4) is 0 Å². The Morgan fingerprint density at radius 3 is 2.75 bits per heavy atom. The van der Waals surface area contributed by atoms with E-state index in [0.717, 1.165) is 22.7 Å². The van der Waals surface area contributed by atoms with Gasteiger partial charge in [-0.3, -0.25) is 0 Å². The Bertz CT molecular complexity index is 906. The second kappa shape index (κ2) is 9.80. The Hall–Kier alpha value is -3.00. The maximum atomic E-state index is 5.55. The lowest BCUT2D eigenvalue weighted by Gasteiger charge is -2.11. The fourth-order valence-corrected chi connectivity index (χ4v) is 3.22. The monoisotopic (exact) mass is 400 g/mol. The zero-order valence-electron chi connectivity index (χ0n) is 16.2. The van der Waals surface area contributed by atoms with Crippen molar-refractivity contribution in [1.29, 1.82) is 0 Å². The molecule has 3 rings (SSSR count). The smallest absolute Gasteiger partial charge is 0.236 e. The van der Waals surface area contributed by atoms with Crippen LogP contribution in [-0.4, -0.2) is 31.7 Å². The van der Waals surface area contributed by atoms with Crippen LogP contribution in [0.1, 0.15) is 18.2 Å². The Morgan fingerprint density at radius 1 is 1.18 bits per heavy atom. The van der Waals surface area contributed by atoms with E-state index in [4.69, 9.17) is 13.9 Å². The van der Waals surface area contributed by atoms with E-state index in [2.05, 4.69) is 20.6 Å². The summed E-state index contributed by atoms with van der Waals surface area (Å²) in [4.78, 5) is 10.2. The highest BCUT2D eigenvalue weighted by molar-refractivity contribution is 7.13. The fourth-order valence-electron chi connectivity index (χ4n) is 2.57. The number of nitrogens with zero attached hydrogens (tertiary/aromatic N) is 2. The number of oxazole rings is 1. The van der Waals surface area contributed by atoms with Crippen molar-refractivity contribution in [2.45, 2.75) is 20.0 Å². The Kier molecular flexibility index (Phi) is 6.91. The lowest BCUT2D eigenvalue weighted by molar-refractivity contribution is 0.354. The van der Waals surface area contributed by atoms with Crippen molar-refractivity contribution >= 4 is 17.3 Å². The molecule has 0 radical (unpaired) electrons. The summed E-state index contributed by atoms with van der Waals surface area (Å²) >= 11 is 1.60. The van der Waals surface area contributed by atoms with Gasteiger partial charge in [0.25, 0.3) is 0 Å². The van der Waals surface area contributed by atoms with E-state index in [1.807, 2.05) is 42.6 Å². The molecule has 0 spiro atoms. The van der Waals surface area contributed by atoms with Gasteiger partial charge in [-0.2, -0.15) is 0 Å². The average Bonchev–Trinajstić information content (AvgIpc) is 3.41. The number of guanidine groups is 1. The molecule has 8 heteroatoms. The van der Waals surface area contributed by atoms with Crippen LogP contribution in [0.2, 0.25) is 0 Å². The maximum Gasteiger partial charge on any atom is 0.236 e. The third-order valence-corrected chi connectivity index (χ3v) is 4.79. The molecule has 0 saturated heterocycles. The van der Waals surface area contributed by atoms with Gasteiger partial charge in [0.05, 0.1) is 37.9 Å². The number of aromatic nitrogens is 1. The summed E-state index contributed by atoms with van der Waals surface area (Å²) in [6, 6.07) is 9.75. The molecule has 148 valence electrons. The summed E-state index contributed by atoms with van der Waals surface area (Å²) in [6.45, 7) is 3.82. The van der Waals surface area contributed by atoms with Gasteiger partial charge < -0.3 is 24.5 Å².